The van der Waals surface area contributed by atoms with E-state index < -0.39 is 0 Å². The lowest BCUT2D eigenvalue weighted by Crippen LogP contribution is -2.04. The van der Waals surface area contributed by atoms with Crippen molar-refractivity contribution in [3.8, 4) is 52.0 Å². The molecule has 0 bridgehead atoms. The van der Waals surface area contributed by atoms with Gasteiger partial charge in [0.05, 0.1) is 40.0 Å². The van der Waals surface area contributed by atoms with E-state index in [9.17, 15) is 10.5 Å². The van der Waals surface area contributed by atoms with E-state index in [0.29, 0.717) is 34.2 Å². The van der Waals surface area contributed by atoms with Crippen molar-refractivity contribution in [1.29, 1.82) is 10.5 Å². The van der Waals surface area contributed by atoms with Crippen molar-refractivity contribution in [2.75, 3.05) is 0 Å². The summed E-state index contributed by atoms with van der Waals surface area (Å²) < 4.78 is 2.20. The van der Waals surface area contributed by atoms with E-state index in [2.05, 4.69) is 41.0 Å². The first-order chi connectivity index (χ1) is 20.2. The van der Waals surface area contributed by atoms with Crippen molar-refractivity contribution in [3.63, 3.8) is 0 Å². The van der Waals surface area contributed by atoms with Crippen LogP contribution in [0.4, 0.5) is 0 Å². The Kier molecular flexibility index (Phi) is 5.78. The maximum Gasteiger partial charge on any atom is 0.166 e. The highest BCUT2D eigenvalue weighted by Gasteiger charge is 2.19. The number of para-hydroxylation sites is 2. The molecule has 0 radical (unpaired) electrons. The standard InChI is InChI=1S/C35H20N6/c36-21-23-14-17-26(18-15-23)34-38-33(25-8-2-1-3-9-25)39-35(40-34)29-20-24(22-37)16-19-32(29)41-30-12-6-4-10-27(30)28-11-5-7-13-31(28)41/h1-20H. The summed E-state index contributed by atoms with van der Waals surface area (Å²) in [4.78, 5) is 14.7. The van der Waals surface area contributed by atoms with Crippen molar-refractivity contribution in [1.82, 2.24) is 19.5 Å². The zero-order valence-electron chi connectivity index (χ0n) is 21.7. The summed E-state index contributed by atoms with van der Waals surface area (Å²) in [6.45, 7) is 0. The molecule has 2 heterocycles. The van der Waals surface area contributed by atoms with Gasteiger partial charge in [0.15, 0.2) is 17.5 Å². The predicted octanol–water partition coefficient (Wildman–Crippen LogP) is 7.71. The van der Waals surface area contributed by atoms with Crippen LogP contribution in [-0.4, -0.2) is 19.5 Å². The molecule has 5 aromatic carbocycles. The molecule has 0 aliphatic rings. The molecule has 0 amide bonds. The molecular weight excluding hydrogens is 504 g/mol. The molecule has 7 aromatic rings. The van der Waals surface area contributed by atoms with Crippen LogP contribution in [0.3, 0.4) is 0 Å². The van der Waals surface area contributed by atoms with Gasteiger partial charge in [0.1, 0.15) is 0 Å². The third kappa shape index (κ3) is 4.17. The SMILES string of the molecule is N#Cc1ccc(-c2nc(-c3ccccc3)nc(-c3cc(C#N)ccc3-n3c4ccccc4c4ccccc43)n2)cc1. The number of aromatic nitrogens is 4. The van der Waals surface area contributed by atoms with E-state index in [0.717, 1.165) is 38.6 Å². The minimum absolute atomic E-state index is 0.451. The molecule has 0 saturated heterocycles. The van der Waals surface area contributed by atoms with Crippen LogP contribution in [0.2, 0.25) is 0 Å². The summed E-state index contributed by atoms with van der Waals surface area (Å²) in [7, 11) is 0. The zero-order chi connectivity index (χ0) is 27.8. The van der Waals surface area contributed by atoms with E-state index in [1.807, 2.05) is 84.9 Å². The number of nitrogens with zero attached hydrogens (tertiary/aromatic N) is 6. The minimum atomic E-state index is 0.451. The number of hydrogen-bond acceptors (Lipinski definition) is 5. The third-order valence-electron chi connectivity index (χ3n) is 7.13. The fourth-order valence-electron chi connectivity index (χ4n) is 5.20. The highest BCUT2D eigenvalue weighted by Crippen LogP contribution is 2.36. The van der Waals surface area contributed by atoms with Gasteiger partial charge in [-0.25, -0.2) is 15.0 Å². The van der Waals surface area contributed by atoms with E-state index in [-0.39, 0.29) is 0 Å². The maximum absolute atomic E-state index is 9.85. The van der Waals surface area contributed by atoms with Crippen molar-refractivity contribution >= 4 is 21.8 Å². The number of nitriles is 2. The summed E-state index contributed by atoms with van der Waals surface area (Å²) in [5.41, 5.74) is 6.34. The van der Waals surface area contributed by atoms with Gasteiger partial charge in [0.2, 0.25) is 0 Å². The summed E-state index contributed by atoms with van der Waals surface area (Å²) in [6.07, 6.45) is 0. The van der Waals surface area contributed by atoms with Gasteiger partial charge in [0, 0.05) is 27.5 Å². The molecule has 0 fully saturated rings. The highest BCUT2D eigenvalue weighted by molar-refractivity contribution is 6.09. The number of benzene rings is 5. The summed E-state index contributed by atoms with van der Waals surface area (Å²) in [5, 5.41) is 21.4. The Morgan fingerprint density at radius 3 is 1.61 bits per heavy atom. The van der Waals surface area contributed by atoms with E-state index >= 15 is 0 Å². The van der Waals surface area contributed by atoms with Gasteiger partial charge in [-0.1, -0.05) is 66.7 Å². The van der Waals surface area contributed by atoms with Crippen LogP contribution in [0.15, 0.2) is 121 Å². The molecule has 41 heavy (non-hydrogen) atoms. The van der Waals surface area contributed by atoms with E-state index in [4.69, 9.17) is 15.0 Å². The fourth-order valence-corrected chi connectivity index (χ4v) is 5.20. The molecule has 0 unspecified atom stereocenters. The first kappa shape index (κ1) is 24.0. The van der Waals surface area contributed by atoms with Crippen LogP contribution >= 0.6 is 0 Å². The molecule has 6 nitrogen and oxygen atoms in total. The summed E-state index contributed by atoms with van der Waals surface area (Å²) in [5.74, 6) is 1.45. The van der Waals surface area contributed by atoms with Crippen LogP contribution < -0.4 is 0 Å². The molecule has 6 heteroatoms. The van der Waals surface area contributed by atoms with E-state index in [1.54, 1.807) is 12.1 Å². The largest absolute Gasteiger partial charge is 0.309 e. The predicted molar refractivity (Wildman–Crippen MR) is 160 cm³/mol. The summed E-state index contributed by atoms with van der Waals surface area (Å²) in [6, 6.07) is 43.6. The lowest BCUT2D eigenvalue weighted by atomic mass is 10.1. The van der Waals surface area contributed by atoms with Gasteiger partial charge >= 0.3 is 0 Å². The Hall–Kier alpha value is -6.11. The van der Waals surface area contributed by atoms with Gasteiger partial charge < -0.3 is 4.57 Å². The zero-order valence-corrected chi connectivity index (χ0v) is 21.7. The monoisotopic (exact) mass is 524 g/mol. The van der Waals surface area contributed by atoms with Crippen molar-refractivity contribution < 1.29 is 0 Å². The average Bonchev–Trinajstić information content (AvgIpc) is 3.39. The van der Waals surface area contributed by atoms with Crippen molar-refractivity contribution in [2.24, 2.45) is 0 Å². The van der Waals surface area contributed by atoms with Crippen LogP contribution in [0.1, 0.15) is 11.1 Å². The lowest BCUT2D eigenvalue weighted by Gasteiger charge is -2.15. The lowest BCUT2D eigenvalue weighted by molar-refractivity contribution is 1.06. The maximum atomic E-state index is 9.85. The highest BCUT2D eigenvalue weighted by atomic mass is 15.1. The van der Waals surface area contributed by atoms with Crippen LogP contribution in [-0.2, 0) is 0 Å². The molecule has 2 aromatic heterocycles. The van der Waals surface area contributed by atoms with Crippen molar-refractivity contribution in [2.45, 2.75) is 0 Å². The Bertz CT molecular complexity index is 2110. The van der Waals surface area contributed by atoms with Crippen LogP contribution in [0, 0.1) is 22.7 Å². The first-order valence-electron chi connectivity index (χ1n) is 13.1. The van der Waals surface area contributed by atoms with Gasteiger partial charge in [0.25, 0.3) is 0 Å². The second-order valence-corrected chi connectivity index (χ2v) is 9.57. The van der Waals surface area contributed by atoms with Crippen molar-refractivity contribution in [3.05, 3.63) is 132 Å². The molecule has 0 N–H and O–H groups in total. The number of hydrogen-bond donors (Lipinski definition) is 0. The van der Waals surface area contributed by atoms with Gasteiger partial charge in [-0.3, -0.25) is 0 Å². The molecule has 0 aliphatic heterocycles. The first-order valence-corrected chi connectivity index (χ1v) is 13.1. The van der Waals surface area contributed by atoms with Crippen LogP contribution in [0.25, 0.3) is 61.7 Å². The molecule has 0 saturated carbocycles. The second kappa shape index (κ2) is 9.89. The molecule has 0 atom stereocenters. The Morgan fingerprint density at radius 2 is 1.00 bits per heavy atom. The fraction of sp³-hybridized carbons (Fsp3) is 0. The van der Waals surface area contributed by atoms with E-state index in [1.165, 1.54) is 0 Å². The molecule has 0 spiro atoms. The molecule has 0 aliphatic carbocycles. The molecule has 190 valence electrons. The smallest absolute Gasteiger partial charge is 0.166 e. The number of fused-ring (bicyclic) bond motifs is 3. The topological polar surface area (TPSA) is 91.2 Å². The van der Waals surface area contributed by atoms with Crippen LogP contribution in [0.5, 0.6) is 0 Å². The summed E-state index contributed by atoms with van der Waals surface area (Å²) >= 11 is 0. The second-order valence-electron chi connectivity index (χ2n) is 9.57. The normalized spacial score (nSPS) is 10.9. The van der Waals surface area contributed by atoms with Gasteiger partial charge in [-0.2, -0.15) is 10.5 Å². The van der Waals surface area contributed by atoms with Gasteiger partial charge in [-0.05, 0) is 54.6 Å². The quantitative estimate of drug-likeness (QED) is 0.235. The number of rotatable bonds is 4. The van der Waals surface area contributed by atoms with Gasteiger partial charge in [-0.15, -0.1) is 0 Å². The average molecular weight is 525 g/mol. The molecule has 7 rings (SSSR count). The third-order valence-corrected chi connectivity index (χ3v) is 7.13. The Labute approximate surface area is 236 Å². The molecular formula is C35H20N6. The Balaban J connectivity index is 1.54. The minimum Gasteiger partial charge on any atom is -0.309 e. The Morgan fingerprint density at radius 1 is 0.488 bits per heavy atom.